The maximum Gasteiger partial charge on any atom is 0.168 e. The summed E-state index contributed by atoms with van der Waals surface area (Å²) in [5, 5.41) is 31.5. The minimum Gasteiger partial charge on any atom is -0.508 e. The van der Waals surface area contributed by atoms with E-state index in [0.717, 1.165) is 22.8 Å². The Hall–Kier alpha value is -3.02. The molecule has 1 aromatic heterocycles. The molecule has 0 spiro atoms. The molecule has 1 aliphatic rings. The van der Waals surface area contributed by atoms with Crippen LogP contribution in [0.4, 0.5) is 5.69 Å². The molecule has 116 valence electrons. The van der Waals surface area contributed by atoms with Crippen molar-refractivity contribution in [2.45, 2.75) is 12.8 Å². The standard InChI is InChI=1S/C17H16N4O2/c1-10-9-18-14-8-13(23)5-6-15(14)21-16(10)19-20-17(21)11-3-2-4-12(22)7-11/h2-8,10,18,22-23H,9H2,1H3. The van der Waals surface area contributed by atoms with Crippen LogP contribution in [0, 0.1) is 0 Å². The highest BCUT2D eigenvalue weighted by Crippen LogP contribution is 2.35. The molecule has 6 heteroatoms. The predicted molar refractivity (Wildman–Crippen MR) is 87.0 cm³/mol. The van der Waals surface area contributed by atoms with Crippen LogP contribution >= 0.6 is 0 Å². The number of aromatic nitrogens is 3. The third kappa shape index (κ3) is 2.19. The average Bonchev–Trinajstić information content (AvgIpc) is 2.92. The number of phenolic OH excluding ortho intramolecular Hbond substituents is 2. The van der Waals surface area contributed by atoms with E-state index in [2.05, 4.69) is 22.4 Å². The maximum atomic E-state index is 9.75. The summed E-state index contributed by atoms with van der Waals surface area (Å²) >= 11 is 0. The highest BCUT2D eigenvalue weighted by atomic mass is 16.3. The molecule has 0 amide bonds. The zero-order valence-corrected chi connectivity index (χ0v) is 12.6. The smallest absolute Gasteiger partial charge is 0.168 e. The lowest BCUT2D eigenvalue weighted by molar-refractivity contribution is 0.475. The van der Waals surface area contributed by atoms with Crippen molar-refractivity contribution in [3.63, 3.8) is 0 Å². The van der Waals surface area contributed by atoms with Gasteiger partial charge >= 0.3 is 0 Å². The quantitative estimate of drug-likeness (QED) is 0.644. The molecule has 3 N–H and O–H groups in total. The third-order valence-corrected chi connectivity index (χ3v) is 4.05. The van der Waals surface area contributed by atoms with Crippen LogP contribution in [-0.4, -0.2) is 31.5 Å². The second-order valence-corrected chi connectivity index (χ2v) is 5.75. The summed E-state index contributed by atoms with van der Waals surface area (Å²) < 4.78 is 1.98. The third-order valence-electron chi connectivity index (χ3n) is 4.05. The first kappa shape index (κ1) is 13.6. The number of anilines is 1. The number of hydrogen-bond donors (Lipinski definition) is 3. The SMILES string of the molecule is CC1CNc2cc(O)ccc2-n2c(-c3cccc(O)c3)nnc21. The number of phenols is 2. The molecule has 0 radical (unpaired) electrons. The first-order chi connectivity index (χ1) is 11.1. The van der Waals surface area contributed by atoms with E-state index in [1.807, 2.05) is 16.7 Å². The summed E-state index contributed by atoms with van der Waals surface area (Å²) in [7, 11) is 0. The molecule has 2 aromatic carbocycles. The van der Waals surface area contributed by atoms with E-state index in [1.54, 1.807) is 30.3 Å². The van der Waals surface area contributed by atoms with Gasteiger partial charge in [0, 0.05) is 24.1 Å². The molecule has 1 unspecified atom stereocenters. The van der Waals surface area contributed by atoms with Crippen molar-refractivity contribution in [1.82, 2.24) is 14.8 Å². The second kappa shape index (κ2) is 5.01. The molecule has 3 aromatic rings. The largest absolute Gasteiger partial charge is 0.508 e. The predicted octanol–water partition coefficient (Wildman–Crippen LogP) is 2.87. The highest BCUT2D eigenvalue weighted by molar-refractivity contribution is 5.70. The lowest BCUT2D eigenvalue weighted by atomic mass is 10.1. The van der Waals surface area contributed by atoms with Crippen molar-refractivity contribution in [2.24, 2.45) is 0 Å². The van der Waals surface area contributed by atoms with Gasteiger partial charge in [-0.25, -0.2) is 0 Å². The minimum atomic E-state index is 0.156. The Kier molecular flexibility index (Phi) is 2.97. The lowest BCUT2D eigenvalue weighted by Gasteiger charge is -2.12. The number of benzene rings is 2. The zero-order chi connectivity index (χ0) is 16.0. The van der Waals surface area contributed by atoms with Crippen LogP contribution in [-0.2, 0) is 0 Å². The molecule has 0 fully saturated rings. The van der Waals surface area contributed by atoms with Gasteiger partial charge in [-0.05, 0) is 24.3 Å². The molecule has 0 bridgehead atoms. The van der Waals surface area contributed by atoms with E-state index in [4.69, 9.17) is 0 Å². The van der Waals surface area contributed by atoms with Crippen molar-refractivity contribution in [2.75, 3.05) is 11.9 Å². The number of hydrogen-bond acceptors (Lipinski definition) is 5. The Labute approximate surface area is 133 Å². The van der Waals surface area contributed by atoms with E-state index < -0.39 is 0 Å². The van der Waals surface area contributed by atoms with Gasteiger partial charge in [-0.2, -0.15) is 0 Å². The first-order valence-electron chi connectivity index (χ1n) is 7.45. The number of fused-ring (bicyclic) bond motifs is 3. The van der Waals surface area contributed by atoms with Gasteiger partial charge in [-0.3, -0.25) is 4.57 Å². The molecule has 1 aliphatic heterocycles. The van der Waals surface area contributed by atoms with E-state index in [1.165, 1.54) is 0 Å². The number of nitrogens with one attached hydrogen (secondary N) is 1. The van der Waals surface area contributed by atoms with Crippen molar-refractivity contribution in [1.29, 1.82) is 0 Å². The van der Waals surface area contributed by atoms with Gasteiger partial charge in [0.1, 0.15) is 17.3 Å². The molecule has 0 aliphatic carbocycles. The van der Waals surface area contributed by atoms with E-state index in [9.17, 15) is 10.2 Å². The Bertz CT molecular complexity index is 888. The van der Waals surface area contributed by atoms with Gasteiger partial charge < -0.3 is 15.5 Å². The molecule has 2 heterocycles. The Morgan fingerprint density at radius 2 is 1.91 bits per heavy atom. The van der Waals surface area contributed by atoms with Gasteiger partial charge in [0.05, 0.1) is 11.4 Å². The van der Waals surface area contributed by atoms with Gasteiger partial charge in [0.15, 0.2) is 5.82 Å². The molecule has 6 nitrogen and oxygen atoms in total. The fourth-order valence-corrected chi connectivity index (χ4v) is 2.90. The molecule has 0 saturated carbocycles. The summed E-state index contributed by atoms with van der Waals surface area (Å²) in [5.41, 5.74) is 2.50. The van der Waals surface area contributed by atoms with Crippen LogP contribution in [0.1, 0.15) is 18.7 Å². The van der Waals surface area contributed by atoms with Crippen molar-refractivity contribution in [3.05, 3.63) is 48.3 Å². The normalized spacial score (nSPS) is 16.1. The topological polar surface area (TPSA) is 83.2 Å². The maximum absolute atomic E-state index is 9.75. The Morgan fingerprint density at radius 3 is 2.74 bits per heavy atom. The van der Waals surface area contributed by atoms with Crippen molar-refractivity contribution < 1.29 is 10.2 Å². The van der Waals surface area contributed by atoms with E-state index in [0.29, 0.717) is 12.4 Å². The summed E-state index contributed by atoms with van der Waals surface area (Å²) in [5.74, 6) is 2.06. The van der Waals surface area contributed by atoms with Crippen LogP contribution in [0.3, 0.4) is 0 Å². The lowest BCUT2D eigenvalue weighted by Crippen LogP contribution is -2.09. The van der Waals surface area contributed by atoms with Gasteiger partial charge in [-0.1, -0.05) is 19.1 Å². The van der Waals surface area contributed by atoms with Gasteiger partial charge in [0.25, 0.3) is 0 Å². The van der Waals surface area contributed by atoms with Crippen LogP contribution in [0.5, 0.6) is 11.5 Å². The summed E-state index contributed by atoms with van der Waals surface area (Å²) in [4.78, 5) is 0. The molecule has 4 rings (SSSR count). The molecular weight excluding hydrogens is 292 g/mol. The molecule has 0 saturated heterocycles. The first-order valence-corrected chi connectivity index (χ1v) is 7.45. The number of aromatic hydroxyl groups is 2. The average molecular weight is 308 g/mol. The molecule has 23 heavy (non-hydrogen) atoms. The zero-order valence-electron chi connectivity index (χ0n) is 12.6. The monoisotopic (exact) mass is 308 g/mol. The van der Waals surface area contributed by atoms with E-state index in [-0.39, 0.29) is 17.4 Å². The fraction of sp³-hybridized carbons (Fsp3) is 0.176. The van der Waals surface area contributed by atoms with Gasteiger partial charge in [0.2, 0.25) is 0 Å². The van der Waals surface area contributed by atoms with Crippen LogP contribution in [0.2, 0.25) is 0 Å². The fourth-order valence-electron chi connectivity index (χ4n) is 2.90. The second-order valence-electron chi connectivity index (χ2n) is 5.75. The molecular formula is C17H16N4O2. The van der Waals surface area contributed by atoms with Crippen LogP contribution in [0.15, 0.2) is 42.5 Å². The molecule has 1 atom stereocenters. The minimum absolute atomic E-state index is 0.156. The number of rotatable bonds is 1. The summed E-state index contributed by atoms with van der Waals surface area (Å²) in [6, 6.07) is 12.1. The Balaban J connectivity index is 1.99. The summed E-state index contributed by atoms with van der Waals surface area (Å²) in [6.45, 7) is 2.78. The van der Waals surface area contributed by atoms with Crippen LogP contribution < -0.4 is 5.32 Å². The van der Waals surface area contributed by atoms with Gasteiger partial charge in [-0.15, -0.1) is 10.2 Å². The Morgan fingerprint density at radius 1 is 1.09 bits per heavy atom. The van der Waals surface area contributed by atoms with E-state index >= 15 is 0 Å². The number of nitrogens with zero attached hydrogens (tertiary/aromatic N) is 3. The highest BCUT2D eigenvalue weighted by Gasteiger charge is 2.25. The van der Waals surface area contributed by atoms with Crippen LogP contribution in [0.25, 0.3) is 17.1 Å². The van der Waals surface area contributed by atoms with Crippen molar-refractivity contribution in [3.8, 4) is 28.6 Å². The summed E-state index contributed by atoms with van der Waals surface area (Å²) in [6.07, 6.45) is 0. The van der Waals surface area contributed by atoms with Crippen molar-refractivity contribution >= 4 is 5.69 Å².